The number of ether oxygens (including phenoxy) is 3. The molecule has 34 heavy (non-hydrogen) atoms. The Balaban J connectivity index is 1.24. The molecule has 8 nitrogen and oxygen atoms in total. The Hall–Kier alpha value is -4.33. The molecule has 0 bridgehead atoms. The maximum Gasteiger partial charge on any atom is 0.258 e. The number of carbonyl (C=O) groups excluding carboxylic acids is 1. The predicted octanol–water partition coefficient (Wildman–Crippen LogP) is 4.43. The lowest BCUT2D eigenvalue weighted by molar-refractivity contribution is -0.123. The minimum absolute atomic E-state index is 0.161. The number of hydrogen-bond acceptors (Lipinski definition) is 7. The van der Waals surface area contributed by atoms with Gasteiger partial charge in [0.1, 0.15) is 19.0 Å². The number of benzene rings is 3. The van der Waals surface area contributed by atoms with Gasteiger partial charge in [0, 0.05) is 5.56 Å². The van der Waals surface area contributed by atoms with E-state index in [-0.39, 0.29) is 18.6 Å². The molecule has 4 aromatic rings. The maximum absolute atomic E-state index is 12.6. The molecule has 1 atom stereocenters. The number of carbonyl (C=O) groups is 1. The first-order valence-electron chi connectivity index (χ1n) is 11.0. The van der Waals surface area contributed by atoms with E-state index >= 15 is 0 Å². The summed E-state index contributed by atoms with van der Waals surface area (Å²) in [6, 6.07) is 22.2. The Morgan fingerprint density at radius 3 is 2.53 bits per heavy atom. The smallest absolute Gasteiger partial charge is 0.258 e. The van der Waals surface area contributed by atoms with Crippen molar-refractivity contribution < 1.29 is 23.4 Å². The molecule has 0 saturated heterocycles. The molecule has 1 aromatic heterocycles. The first-order chi connectivity index (χ1) is 16.7. The first-order valence-corrected chi connectivity index (χ1v) is 11.0. The number of nitrogens with one attached hydrogen (secondary N) is 1. The molecule has 1 N–H and O–H groups in total. The van der Waals surface area contributed by atoms with Crippen LogP contribution in [0.15, 0.2) is 77.2 Å². The predicted molar refractivity (Wildman–Crippen MR) is 125 cm³/mol. The topological polar surface area (TPSA) is 95.7 Å². The van der Waals surface area contributed by atoms with Crippen molar-refractivity contribution in [2.75, 3.05) is 19.8 Å². The van der Waals surface area contributed by atoms with Gasteiger partial charge in [0.2, 0.25) is 5.89 Å². The molecule has 1 aliphatic heterocycles. The van der Waals surface area contributed by atoms with Gasteiger partial charge in [-0.3, -0.25) is 4.79 Å². The molecule has 0 radical (unpaired) electrons. The normalized spacial score (nSPS) is 13.2. The van der Waals surface area contributed by atoms with Crippen LogP contribution in [0.25, 0.3) is 22.9 Å². The van der Waals surface area contributed by atoms with Crippen LogP contribution >= 0.6 is 0 Å². The van der Waals surface area contributed by atoms with E-state index in [9.17, 15) is 4.79 Å². The van der Waals surface area contributed by atoms with Gasteiger partial charge in [-0.25, -0.2) is 0 Å². The number of nitrogens with zero attached hydrogens (tertiary/aromatic N) is 2. The Morgan fingerprint density at radius 1 is 0.941 bits per heavy atom. The molecule has 1 amide bonds. The summed E-state index contributed by atoms with van der Waals surface area (Å²) in [5.74, 6) is 2.35. The van der Waals surface area contributed by atoms with Crippen LogP contribution in [-0.2, 0) is 4.79 Å². The third kappa shape index (κ3) is 4.71. The summed E-state index contributed by atoms with van der Waals surface area (Å²) in [5.41, 5.74) is 2.36. The molecule has 0 saturated carbocycles. The number of rotatable bonds is 7. The average Bonchev–Trinajstić information content (AvgIpc) is 3.38. The van der Waals surface area contributed by atoms with Crippen molar-refractivity contribution >= 4 is 5.91 Å². The van der Waals surface area contributed by atoms with Crippen LogP contribution in [0.5, 0.6) is 17.2 Å². The van der Waals surface area contributed by atoms with E-state index in [1.54, 1.807) is 6.07 Å². The lowest BCUT2D eigenvalue weighted by atomic mass is 10.1. The second-order valence-corrected chi connectivity index (χ2v) is 7.76. The van der Waals surface area contributed by atoms with Gasteiger partial charge in [-0.15, -0.1) is 10.2 Å². The molecule has 0 unspecified atom stereocenters. The second-order valence-electron chi connectivity index (χ2n) is 7.76. The third-order valence-corrected chi connectivity index (χ3v) is 5.37. The van der Waals surface area contributed by atoms with Crippen LogP contribution < -0.4 is 19.5 Å². The van der Waals surface area contributed by atoms with Crippen LogP contribution in [0.2, 0.25) is 0 Å². The highest BCUT2D eigenvalue weighted by Crippen LogP contribution is 2.33. The fraction of sp³-hybridized carbons (Fsp3) is 0.192. The summed E-state index contributed by atoms with van der Waals surface area (Å²) >= 11 is 0. The molecule has 3 aromatic carbocycles. The summed E-state index contributed by atoms with van der Waals surface area (Å²) in [7, 11) is 0. The van der Waals surface area contributed by atoms with Crippen LogP contribution in [0.1, 0.15) is 18.5 Å². The van der Waals surface area contributed by atoms with Gasteiger partial charge in [-0.05, 0) is 48.9 Å². The van der Waals surface area contributed by atoms with E-state index < -0.39 is 0 Å². The van der Waals surface area contributed by atoms with Crippen molar-refractivity contribution in [2.45, 2.75) is 13.0 Å². The van der Waals surface area contributed by atoms with Crippen molar-refractivity contribution in [3.05, 3.63) is 78.4 Å². The summed E-state index contributed by atoms with van der Waals surface area (Å²) in [5, 5.41) is 11.2. The molecule has 0 fully saturated rings. The van der Waals surface area contributed by atoms with Gasteiger partial charge in [0.25, 0.3) is 11.8 Å². The SMILES string of the molecule is C[C@@H](NC(=O)COc1ccccc1-c1nnc(-c2ccccc2)o1)c1ccc2c(c1)OCCO2. The standard InChI is InChI=1S/C26H23N3O5/c1-17(19-11-12-22-23(15-19)32-14-13-31-22)27-24(30)16-33-21-10-6-5-9-20(21)26-29-28-25(34-26)18-7-3-2-4-8-18/h2-12,15,17H,13-14,16H2,1H3,(H,27,30)/t17-/m1/s1. The van der Waals surface area contributed by atoms with Crippen LogP contribution in [0, 0.1) is 0 Å². The Labute approximate surface area is 196 Å². The van der Waals surface area contributed by atoms with Crippen LogP contribution in [0.4, 0.5) is 0 Å². The van der Waals surface area contributed by atoms with Crippen molar-refractivity contribution in [3.8, 4) is 40.2 Å². The molecule has 172 valence electrons. The van der Waals surface area contributed by atoms with Gasteiger partial charge in [0.15, 0.2) is 18.1 Å². The van der Waals surface area contributed by atoms with Gasteiger partial charge in [0.05, 0.1) is 11.6 Å². The van der Waals surface area contributed by atoms with E-state index in [0.717, 1.165) is 11.1 Å². The van der Waals surface area contributed by atoms with Crippen LogP contribution in [0.3, 0.4) is 0 Å². The lowest BCUT2D eigenvalue weighted by Gasteiger charge is -2.21. The molecule has 1 aliphatic rings. The summed E-state index contributed by atoms with van der Waals surface area (Å²) < 4.78 is 22.8. The average molecular weight is 457 g/mol. The molecule has 2 heterocycles. The molecule has 8 heteroatoms. The fourth-order valence-corrected chi connectivity index (χ4v) is 3.64. The zero-order chi connectivity index (χ0) is 23.3. The minimum atomic E-state index is -0.257. The zero-order valence-corrected chi connectivity index (χ0v) is 18.6. The zero-order valence-electron chi connectivity index (χ0n) is 18.6. The Bertz CT molecular complexity index is 1290. The molecule has 5 rings (SSSR count). The van der Waals surface area contributed by atoms with Gasteiger partial charge < -0.3 is 23.9 Å². The van der Waals surface area contributed by atoms with Gasteiger partial charge in [-0.2, -0.15) is 0 Å². The maximum atomic E-state index is 12.6. The largest absolute Gasteiger partial charge is 0.486 e. The highest BCUT2D eigenvalue weighted by molar-refractivity contribution is 5.78. The lowest BCUT2D eigenvalue weighted by Crippen LogP contribution is -2.31. The summed E-state index contributed by atoms with van der Waals surface area (Å²) in [4.78, 5) is 12.6. The number of aromatic nitrogens is 2. The minimum Gasteiger partial charge on any atom is -0.486 e. The van der Waals surface area contributed by atoms with E-state index in [1.807, 2.05) is 73.7 Å². The number of amides is 1. The van der Waals surface area contributed by atoms with E-state index in [0.29, 0.717) is 47.8 Å². The van der Waals surface area contributed by atoms with E-state index in [4.69, 9.17) is 18.6 Å². The molecular weight excluding hydrogens is 434 g/mol. The number of para-hydroxylation sites is 1. The van der Waals surface area contributed by atoms with E-state index in [1.165, 1.54) is 0 Å². The van der Waals surface area contributed by atoms with Crippen molar-refractivity contribution in [1.82, 2.24) is 15.5 Å². The first kappa shape index (κ1) is 21.5. The highest BCUT2D eigenvalue weighted by Gasteiger charge is 2.18. The summed E-state index contributed by atoms with van der Waals surface area (Å²) in [6.45, 7) is 2.79. The quantitative estimate of drug-likeness (QED) is 0.439. The van der Waals surface area contributed by atoms with Crippen molar-refractivity contribution in [2.24, 2.45) is 0 Å². The Kier molecular flexibility index (Phi) is 6.11. The van der Waals surface area contributed by atoms with E-state index in [2.05, 4.69) is 15.5 Å². The number of hydrogen-bond donors (Lipinski definition) is 1. The third-order valence-electron chi connectivity index (χ3n) is 5.37. The van der Waals surface area contributed by atoms with Gasteiger partial charge >= 0.3 is 0 Å². The molecular formula is C26H23N3O5. The van der Waals surface area contributed by atoms with Crippen LogP contribution in [-0.4, -0.2) is 35.9 Å². The molecule has 0 aliphatic carbocycles. The highest BCUT2D eigenvalue weighted by atomic mass is 16.6. The van der Waals surface area contributed by atoms with Crippen molar-refractivity contribution in [1.29, 1.82) is 0 Å². The summed E-state index contributed by atoms with van der Waals surface area (Å²) in [6.07, 6.45) is 0. The second kappa shape index (κ2) is 9.66. The monoisotopic (exact) mass is 457 g/mol. The molecule has 0 spiro atoms. The fourth-order valence-electron chi connectivity index (χ4n) is 3.64. The van der Waals surface area contributed by atoms with Crippen molar-refractivity contribution in [3.63, 3.8) is 0 Å². The number of fused-ring (bicyclic) bond motifs is 1. The van der Waals surface area contributed by atoms with Gasteiger partial charge in [-0.1, -0.05) is 36.4 Å². The Morgan fingerprint density at radius 2 is 1.68 bits per heavy atom.